The fourth-order valence-electron chi connectivity index (χ4n) is 2.68. The summed E-state index contributed by atoms with van der Waals surface area (Å²) in [6, 6.07) is 7.30. The molecule has 104 valence electrons. The lowest BCUT2D eigenvalue weighted by molar-refractivity contribution is -0.299. The van der Waals surface area contributed by atoms with Crippen LogP contribution >= 0.6 is 0 Å². The molecule has 1 aromatic carbocycles. The average Bonchev–Trinajstić information content (AvgIpc) is 2.38. The van der Waals surface area contributed by atoms with Gasteiger partial charge in [-0.25, -0.2) is 4.79 Å². The molecule has 2 atom stereocenters. The van der Waals surface area contributed by atoms with Crippen LogP contribution in [0.5, 0.6) is 0 Å². The van der Waals surface area contributed by atoms with Crippen LogP contribution in [-0.2, 0) is 9.78 Å². The zero-order valence-electron chi connectivity index (χ0n) is 11.9. The molecule has 3 nitrogen and oxygen atoms in total. The van der Waals surface area contributed by atoms with E-state index in [9.17, 15) is 4.79 Å². The minimum atomic E-state index is -0.412. The molecule has 19 heavy (non-hydrogen) atoms. The number of carbonyl (C=O) groups excluding carboxylic acids is 1. The summed E-state index contributed by atoms with van der Waals surface area (Å²) in [7, 11) is 0. The second-order valence-electron chi connectivity index (χ2n) is 5.68. The molecule has 0 aromatic heterocycles. The zero-order chi connectivity index (χ0) is 13.8. The van der Waals surface area contributed by atoms with Gasteiger partial charge in [-0.05, 0) is 43.7 Å². The molecule has 2 unspecified atom stereocenters. The molecule has 0 saturated heterocycles. The first kappa shape index (κ1) is 14.1. The van der Waals surface area contributed by atoms with E-state index in [1.54, 1.807) is 12.1 Å². The van der Waals surface area contributed by atoms with Crippen molar-refractivity contribution in [1.82, 2.24) is 0 Å². The van der Waals surface area contributed by atoms with Gasteiger partial charge in [-0.2, -0.15) is 4.89 Å². The van der Waals surface area contributed by atoms with Crippen molar-refractivity contribution < 1.29 is 14.6 Å². The summed E-state index contributed by atoms with van der Waals surface area (Å²) in [5, 5.41) is 0. The summed E-state index contributed by atoms with van der Waals surface area (Å²) in [4.78, 5) is 22.3. The normalized spacial score (nSPS) is 27.0. The third-order valence-electron chi connectivity index (χ3n) is 3.96. The molecule has 3 heteroatoms. The van der Waals surface area contributed by atoms with Crippen LogP contribution in [0.25, 0.3) is 0 Å². The van der Waals surface area contributed by atoms with E-state index < -0.39 is 5.97 Å². The van der Waals surface area contributed by atoms with E-state index in [-0.39, 0.29) is 6.10 Å². The van der Waals surface area contributed by atoms with Crippen LogP contribution in [0.3, 0.4) is 0 Å². The highest BCUT2D eigenvalue weighted by Gasteiger charge is 2.30. The maximum Gasteiger partial charge on any atom is 0.373 e. The maximum absolute atomic E-state index is 11.9. The van der Waals surface area contributed by atoms with Crippen LogP contribution in [0.1, 0.15) is 49.0 Å². The van der Waals surface area contributed by atoms with Crippen molar-refractivity contribution in [2.75, 3.05) is 0 Å². The minimum absolute atomic E-state index is 0.0168. The van der Waals surface area contributed by atoms with Gasteiger partial charge in [0, 0.05) is 0 Å². The molecular formula is C16H22O3. The van der Waals surface area contributed by atoms with Crippen LogP contribution < -0.4 is 0 Å². The summed E-state index contributed by atoms with van der Waals surface area (Å²) in [6.45, 7) is 6.29. The van der Waals surface area contributed by atoms with Gasteiger partial charge in [0.25, 0.3) is 0 Å². The highest BCUT2D eigenvalue weighted by atomic mass is 17.2. The number of rotatable bonds is 3. The van der Waals surface area contributed by atoms with Crippen LogP contribution in [-0.4, -0.2) is 12.1 Å². The molecule has 1 aromatic rings. The van der Waals surface area contributed by atoms with E-state index >= 15 is 0 Å². The van der Waals surface area contributed by atoms with E-state index in [0.29, 0.717) is 17.4 Å². The highest BCUT2D eigenvalue weighted by molar-refractivity contribution is 5.88. The van der Waals surface area contributed by atoms with Gasteiger partial charge in [0.1, 0.15) is 6.10 Å². The molecule has 0 N–H and O–H groups in total. The van der Waals surface area contributed by atoms with Gasteiger partial charge in [-0.3, -0.25) is 4.89 Å². The van der Waals surface area contributed by atoms with Gasteiger partial charge >= 0.3 is 5.97 Å². The second kappa shape index (κ2) is 6.20. The Hall–Kier alpha value is -1.35. The third-order valence-corrected chi connectivity index (χ3v) is 3.96. The summed E-state index contributed by atoms with van der Waals surface area (Å²) in [5.41, 5.74) is 1.65. The molecule has 0 bridgehead atoms. The molecule has 0 radical (unpaired) electrons. The standard InChI is InChI=1S/C16H22O3/c1-11-7-9-14(10-8-11)16(17)19-18-15-12(2)5-4-6-13(15)3/h7-10,12-13,15H,4-6H2,1-3H3. The van der Waals surface area contributed by atoms with Gasteiger partial charge in [-0.1, -0.05) is 38.0 Å². The number of hydrogen-bond donors (Lipinski definition) is 0. The Balaban J connectivity index is 1.90. The predicted octanol–water partition coefficient (Wildman–Crippen LogP) is 3.91. The molecule has 1 aliphatic carbocycles. The number of aryl methyl sites for hydroxylation is 1. The lowest BCUT2D eigenvalue weighted by Gasteiger charge is -2.32. The Morgan fingerprint density at radius 3 is 2.26 bits per heavy atom. The Kier molecular flexibility index (Phi) is 4.59. The lowest BCUT2D eigenvalue weighted by atomic mass is 9.81. The van der Waals surface area contributed by atoms with E-state index in [1.165, 1.54) is 6.42 Å². The Morgan fingerprint density at radius 1 is 1.11 bits per heavy atom. The number of hydrogen-bond acceptors (Lipinski definition) is 3. The summed E-state index contributed by atoms with van der Waals surface area (Å²) < 4.78 is 0. The van der Waals surface area contributed by atoms with E-state index in [4.69, 9.17) is 9.78 Å². The molecule has 1 aliphatic rings. The highest BCUT2D eigenvalue weighted by Crippen LogP contribution is 2.31. The third kappa shape index (κ3) is 3.57. The molecule has 0 heterocycles. The Bertz CT molecular complexity index is 414. The summed E-state index contributed by atoms with van der Waals surface area (Å²) in [5.74, 6) is 0.467. The summed E-state index contributed by atoms with van der Waals surface area (Å²) >= 11 is 0. The van der Waals surface area contributed by atoms with Gasteiger partial charge in [0.05, 0.1) is 5.56 Å². The van der Waals surface area contributed by atoms with Gasteiger partial charge < -0.3 is 0 Å². The fourth-order valence-corrected chi connectivity index (χ4v) is 2.68. The van der Waals surface area contributed by atoms with Crippen molar-refractivity contribution in [1.29, 1.82) is 0 Å². The van der Waals surface area contributed by atoms with Crippen molar-refractivity contribution in [2.24, 2.45) is 11.8 Å². The van der Waals surface area contributed by atoms with Crippen LogP contribution in [0.15, 0.2) is 24.3 Å². The first-order valence-electron chi connectivity index (χ1n) is 7.02. The Morgan fingerprint density at radius 2 is 1.68 bits per heavy atom. The zero-order valence-corrected chi connectivity index (χ0v) is 11.9. The maximum atomic E-state index is 11.9. The molecule has 0 aliphatic heterocycles. The van der Waals surface area contributed by atoms with Crippen molar-refractivity contribution in [2.45, 2.75) is 46.1 Å². The monoisotopic (exact) mass is 262 g/mol. The van der Waals surface area contributed by atoms with E-state index in [1.807, 2.05) is 19.1 Å². The molecule has 1 fully saturated rings. The fraction of sp³-hybridized carbons (Fsp3) is 0.562. The van der Waals surface area contributed by atoms with Crippen LogP contribution in [0.4, 0.5) is 0 Å². The van der Waals surface area contributed by atoms with Gasteiger partial charge in [0.2, 0.25) is 0 Å². The minimum Gasteiger partial charge on any atom is -0.293 e. The summed E-state index contributed by atoms with van der Waals surface area (Å²) in [6.07, 6.45) is 3.52. The quantitative estimate of drug-likeness (QED) is 0.612. The number of carbonyl (C=O) groups is 1. The van der Waals surface area contributed by atoms with Gasteiger partial charge in [0.15, 0.2) is 0 Å². The first-order valence-corrected chi connectivity index (χ1v) is 7.02. The Labute approximate surface area is 114 Å². The van der Waals surface area contributed by atoms with Gasteiger partial charge in [-0.15, -0.1) is 0 Å². The molecule has 0 spiro atoms. The van der Waals surface area contributed by atoms with Crippen molar-refractivity contribution in [3.63, 3.8) is 0 Å². The predicted molar refractivity (Wildman–Crippen MR) is 73.6 cm³/mol. The average molecular weight is 262 g/mol. The van der Waals surface area contributed by atoms with Crippen molar-refractivity contribution in [3.8, 4) is 0 Å². The lowest BCUT2D eigenvalue weighted by Crippen LogP contribution is -2.33. The molecular weight excluding hydrogens is 240 g/mol. The molecule has 1 saturated carbocycles. The first-order chi connectivity index (χ1) is 9.08. The molecule has 0 amide bonds. The van der Waals surface area contributed by atoms with Crippen molar-refractivity contribution >= 4 is 5.97 Å². The SMILES string of the molecule is Cc1ccc(C(=O)OOC2C(C)CCCC2C)cc1. The largest absolute Gasteiger partial charge is 0.373 e. The topological polar surface area (TPSA) is 35.5 Å². The number of benzene rings is 1. The van der Waals surface area contributed by atoms with Crippen LogP contribution in [0, 0.1) is 18.8 Å². The van der Waals surface area contributed by atoms with E-state index in [2.05, 4.69) is 13.8 Å². The van der Waals surface area contributed by atoms with E-state index in [0.717, 1.165) is 18.4 Å². The van der Waals surface area contributed by atoms with Crippen LogP contribution in [0.2, 0.25) is 0 Å². The van der Waals surface area contributed by atoms with Crippen molar-refractivity contribution in [3.05, 3.63) is 35.4 Å². The molecule has 2 rings (SSSR count). The second-order valence-corrected chi connectivity index (χ2v) is 5.68. The smallest absolute Gasteiger partial charge is 0.293 e.